The Labute approximate surface area is 247 Å². The van der Waals surface area contributed by atoms with Gasteiger partial charge in [0.05, 0.1) is 31.5 Å². The first kappa shape index (κ1) is 32.1. The van der Waals surface area contributed by atoms with Gasteiger partial charge < -0.3 is 19.7 Å². The van der Waals surface area contributed by atoms with Crippen LogP contribution >= 0.6 is 0 Å². The molecule has 14 atom stereocenters. The molecule has 2 saturated carbocycles. The van der Waals surface area contributed by atoms with Gasteiger partial charge in [-0.15, -0.1) is 0 Å². The van der Waals surface area contributed by atoms with Crippen LogP contribution in [0.25, 0.3) is 0 Å². The van der Waals surface area contributed by atoms with Crippen molar-refractivity contribution in [1.82, 2.24) is 0 Å². The van der Waals surface area contributed by atoms with E-state index in [0.717, 1.165) is 57.8 Å². The lowest BCUT2D eigenvalue weighted by molar-refractivity contribution is -0.517. The fourth-order valence-corrected chi connectivity index (χ4v) is 9.86. The maximum Gasteiger partial charge on any atom is 0.198 e. The number of hydrogen-bond donors (Lipinski definition) is 3. The van der Waals surface area contributed by atoms with Gasteiger partial charge in [-0.25, -0.2) is 14.7 Å². The summed E-state index contributed by atoms with van der Waals surface area (Å²) in [5.74, 6) is 1.05. The minimum absolute atomic E-state index is 0.0162. The van der Waals surface area contributed by atoms with Crippen molar-refractivity contribution in [3.8, 4) is 0 Å². The second kappa shape index (κ2) is 12.6. The molecule has 8 heteroatoms. The Hall–Kier alpha value is -0.320. The van der Waals surface area contributed by atoms with Gasteiger partial charge in [0.2, 0.25) is 0 Å². The molecule has 6 fully saturated rings. The van der Waals surface area contributed by atoms with Crippen molar-refractivity contribution in [3.63, 3.8) is 0 Å². The summed E-state index contributed by atoms with van der Waals surface area (Å²) in [7, 11) is 0. The topological polar surface area (TPSA) is 107 Å². The van der Waals surface area contributed by atoms with Gasteiger partial charge in [-0.2, -0.15) is 0 Å². The second-order valence-electron chi connectivity index (χ2n) is 15.1. The first-order valence-corrected chi connectivity index (χ1v) is 16.8. The van der Waals surface area contributed by atoms with Crippen LogP contribution in [0, 0.1) is 47.3 Å². The smallest absolute Gasteiger partial charge is 0.198 e. The average molecular weight is 583 g/mol. The minimum Gasteiger partial charge on any atom is -0.393 e. The molecule has 41 heavy (non-hydrogen) atoms. The quantitative estimate of drug-likeness (QED) is 0.220. The molecular formula is C33H58O8. The molecule has 0 aromatic carbocycles. The molecule has 0 aromatic rings. The van der Waals surface area contributed by atoms with Gasteiger partial charge in [0.15, 0.2) is 5.79 Å². The molecule has 4 heterocycles. The number of ether oxygens (including phenoxy) is 2. The van der Waals surface area contributed by atoms with Crippen molar-refractivity contribution in [2.45, 2.75) is 147 Å². The predicted octanol–water partition coefficient (Wildman–Crippen LogP) is 6.13. The largest absolute Gasteiger partial charge is 0.393 e. The maximum atomic E-state index is 11.4. The molecule has 1 spiro atoms. The molecule has 0 radical (unpaired) electrons. The third-order valence-corrected chi connectivity index (χ3v) is 12.8. The summed E-state index contributed by atoms with van der Waals surface area (Å²) in [6.07, 6.45) is 8.95. The van der Waals surface area contributed by atoms with Gasteiger partial charge >= 0.3 is 0 Å². The van der Waals surface area contributed by atoms with Crippen molar-refractivity contribution in [2.75, 3.05) is 13.2 Å². The van der Waals surface area contributed by atoms with Crippen LogP contribution in [-0.4, -0.2) is 64.0 Å². The lowest BCUT2D eigenvalue weighted by Gasteiger charge is -2.53. The van der Waals surface area contributed by atoms with E-state index in [4.69, 9.17) is 24.1 Å². The highest BCUT2D eigenvalue weighted by Gasteiger charge is 2.61. The van der Waals surface area contributed by atoms with Crippen LogP contribution in [-0.2, 0) is 24.1 Å². The third-order valence-electron chi connectivity index (χ3n) is 12.8. The molecule has 6 aliphatic rings. The second-order valence-corrected chi connectivity index (χ2v) is 15.1. The molecule has 0 aromatic heterocycles. The monoisotopic (exact) mass is 582 g/mol. The van der Waals surface area contributed by atoms with Crippen molar-refractivity contribution >= 4 is 0 Å². The van der Waals surface area contributed by atoms with E-state index in [1.54, 1.807) is 0 Å². The van der Waals surface area contributed by atoms with Crippen molar-refractivity contribution in [1.29, 1.82) is 0 Å². The van der Waals surface area contributed by atoms with E-state index in [0.29, 0.717) is 43.8 Å². The number of hydrogen-bond acceptors (Lipinski definition) is 8. The Morgan fingerprint density at radius 1 is 0.780 bits per heavy atom. The molecule has 2 bridgehead atoms. The lowest BCUT2D eigenvalue weighted by atomic mass is 9.58. The van der Waals surface area contributed by atoms with E-state index in [1.165, 1.54) is 0 Å². The van der Waals surface area contributed by atoms with Crippen molar-refractivity contribution in [2.24, 2.45) is 47.3 Å². The Balaban J connectivity index is 1.19. The molecule has 6 rings (SSSR count). The van der Waals surface area contributed by atoms with E-state index in [1.807, 2.05) is 6.92 Å². The first-order chi connectivity index (χ1) is 19.5. The van der Waals surface area contributed by atoms with Crippen LogP contribution < -0.4 is 0 Å². The Bertz CT molecular complexity index is 821. The van der Waals surface area contributed by atoms with Gasteiger partial charge in [0.1, 0.15) is 11.2 Å². The number of rotatable bonds is 9. The predicted molar refractivity (Wildman–Crippen MR) is 155 cm³/mol. The molecule has 0 amide bonds. The minimum atomic E-state index is -0.774. The summed E-state index contributed by atoms with van der Waals surface area (Å²) >= 11 is 0. The molecule has 3 N–H and O–H groups in total. The zero-order valence-corrected chi connectivity index (χ0v) is 26.4. The number of fused-ring (bicyclic) bond motifs is 4. The number of aliphatic hydroxyl groups excluding tert-OH is 2. The zero-order chi connectivity index (χ0) is 29.6. The van der Waals surface area contributed by atoms with Gasteiger partial charge in [-0.1, -0.05) is 27.7 Å². The average Bonchev–Trinajstić information content (AvgIpc) is 3.31. The summed E-state index contributed by atoms with van der Waals surface area (Å²) in [6.45, 7) is 13.8. The zero-order valence-electron chi connectivity index (χ0n) is 26.4. The Morgan fingerprint density at radius 2 is 1.41 bits per heavy atom. The van der Waals surface area contributed by atoms with E-state index in [-0.39, 0.29) is 35.7 Å². The van der Waals surface area contributed by atoms with Gasteiger partial charge in [-0.3, -0.25) is 5.26 Å². The first-order valence-electron chi connectivity index (χ1n) is 16.8. The Morgan fingerprint density at radius 3 is 2.05 bits per heavy atom. The summed E-state index contributed by atoms with van der Waals surface area (Å²) in [6, 6.07) is 0. The summed E-state index contributed by atoms with van der Waals surface area (Å²) in [5, 5.41) is 33.1. The van der Waals surface area contributed by atoms with Crippen molar-refractivity contribution in [3.05, 3.63) is 0 Å². The highest BCUT2D eigenvalue weighted by molar-refractivity contribution is 5.06. The van der Waals surface area contributed by atoms with Crippen LogP contribution in [0.2, 0.25) is 0 Å². The van der Waals surface area contributed by atoms with E-state index >= 15 is 0 Å². The summed E-state index contributed by atoms with van der Waals surface area (Å²) in [5.41, 5.74) is -1.28. The van der Waals surface area contributed by atoms with E-state index in [2.05, 4.69) is 34.6 Å². The van der Waals surface area contributed by atoms with Crippen LogP contribution in [0.15, 0.2) is 0 Å². The summed E-state index contributed by atoms with van der Waals surface area (Å²) in [4.78, 5) is 17.5. The molecule has 238 valence electrons. The van der Waals surface area contributed by atoms with Gasteiger partial charge in [-0.05, 0) is 125 Å². The molecule has 8 nitrogen and oxygen atoms in total. The van der Waals surface area contributed by atoms with Crippen LogP contribution in [0.3, 0.4) is 0 Å². The molecule has 7 unspecified atom stereocenters. The van der Waals surface area contributed by atoms with Crippen LogP contribution in [0.4, 0.5) is 0 Å². The van der Waals surface area contributed by atoms with Crippen molar-refractivity contribution < 1.29 is 39.6 Å². The SMILES string of the molecule is CC1CCC2[C@H](C)CC[C@@H](C(C)C(O)CCCC(O)C(C)[C@@H]3CC[C@@H](C)C4CC[C@]5(C)OC[C@@]43OO5)[C@@]2(OO)CO1. The van der Waals surface area contributed by atoms with Gasteiger partial charge in [0, 0.05) is 6.42 Å². The Kier molecular flexibility index (Phi) is 9.85. The maximum absolute atomic E-state index is 11.4. The lowest BCUT2D eigenvalue weighted by Crippen LogP contribution is -2.61. The fraction of sp³-hybridized carbons (Fsp3) is 1.00. The molecule has 4 saturated heterocycles. The highest BCUT2D eigenvalue weighted by atomic mass is 17.2. The van der Waals surface area contributed by atoms with Crippen LogP contribution in [0.5, 0.6) is 0 Å². The van der Waals surface area contributed by atoms with E-state index < -0.39 is 29.2 Å². The normalized spacial score (nSPS) is 47.8. The molecule has 2 aliphatic carbocycles. The standard InChI is InChI=1S/C33H58O8/c1-20-10-13-27(32(39-36)18-37-22(3)12-15-25(20)32)23(4)29(34)8-7-9-30(35)24(5)28-14-11-21(2)26-16-17-31(6)38-19-33(26,28)41-40-31/h20-30,34-36H,7-19H2,1-6H3/t20-,21-,22?,23?,24?,25?,26?,27+,28+,29?,30?,31-,32-,33-/m1/s1. The number of aliphatic hydroxyl groups is 2. The molecular weight excluding hydrogens is 524 g/mol. The van der Waals surface area contributed by atoms with Gasteiger partial charge in [0.25, 0.3) is 0 Å². The fourth-order valence-electron chi connectivity index (χ4n) is 9.86. The van der Waals surface area contributed by atoms with Crippen LogP contribution in [0.1, 0.15) is 112 Å². The summed E-state index contributed by atoms with van der Waals surface area (Å²) < 4.78 is 12.4. The third kappa shape index (κ3) is 5.90. The molecule has 4 aliphatic heterocycles. The van der Waals surface area contributed by atoms with E-state index in [9.17, 15) is 15.5 Å². The highest BCUT2D eigenvalue weighted by Crippen LogP contribution is 2.56.